The Labute approximate surface area is 152 Å². The zero-order valence-corrected chi connectivity index (χ0v) is 15.6. The van der Waals surface area contributed by atoms with Crippen LogP contribution in [0.4, 0.5) is 5.82 Å². The van der Waals surface area contributed by atoms with E-state index in [1.54, 1.807) is 6.33 Å². The van der Waals surface area contributed by atoms with Gasteiger partial charge in [0.05, 0.1) is 23.3 Å². The van der Waals surface area contributed by atoms with Gasteiger partial charge in [0.15, 0.2) is 11.4 Å². The molecule has 0 saturated carbocycles. The molecule has 2 aliphatic heterocycles. The van der Waals surface area contributed by atoms with Gasteiger partial charge < -0.3 is 14.1 Å². The highest BCUT2D eigenvalue weighted by molar-refractivity contribution is 6.04. The number of fused-ring (bicyclic) bond motifs is 4. The molecule has 3 aromatic heterocycles. The van der Waals surface area contributed by atoms with Gasteiger partial charge in [0, 0.05) is 24.6 Å². The Bertz CT molecular complexity index is 994. The first-order valence-electron chi connectivity index (χ1n) is 9.48. The normalized spacial score (nSPS) is 22.7. The van der Waals surface area contributed by atoms with Crippen LogP contribution in [-0.2, 0) is 17.8 Å². The zero-order valence-electron chi connectivity index (χ0n) is 15.6. The third-order valence-corrected chi connectivity index (χ3v) is 5.68. The number of anilines is 1. The van der Waals surface area contributed by atoms with Gasteiger partial charge in [-0.25, -0.2) is 15.0 Å². The average Bonchev–Trinajstić information content (AvgIpc) is 2.97. The van der Waals surface area contributed by atoms with Gasteiger partial charge in [-0.3, -0.25) is 0 Å². The largest absolute Gasteiger partial charge is 0.432 e. The van der Waals surface area contributed by atoms with Crippen molar-refractivity contribution in [1.82, 2.24) is 15.0 Å². The molecule has 3 aromatic rings. The lowest BCUT2D eigenvalue weighted by molar-refractivity contribution is -0.0411. The average molecular weight is 352 g/mol. The Morgan fingerprint density at radius 3 is 2.96 bits per heavy atom. The Morgan fingerprint density at radius 1 is 1.23 bits per heavy atom. The molecule has 2 aliphatic rings. The SMILES string of the molecule is C[C@@H]1CCCCN1c1ncnc2c1oc1nc3c(cc12)COC(C)(C)C3. The molecular weight excluding hydrogens is 328 g/mol. The predicted octanol–water partition coefficient (Wildman–Crippen LogP) is 4.00. The van der Waals surface area contributed by atoms with Crippen molar-refractivity contribution >= 4 is 28.0 Å². The first-order chi connectivity index (χ1) is 12.5. The minimum atomic E-state index is -0.187. The van der Waals surface area contributed by atoms with Crippen LogP contribution in [0.3, 0.4) is 0 Å². The molecule has 26 heavy (non-hydrogen) atoms. The molecule has 0 spiro atoms. The molecule has 0 aromatic carbocycles. The highest BCUT2D eigenvalue weighted by atomic mass is 16.5. The number of rotatable bonds is 1. The molecule has 1 atom stereocenters. The summed E-state index contributed by atoms with van der Waals surface area (Å²) in [5, 5.41) is 0.954. The van der Waals surface area contributed by atoms with Gasteiger partial charge >= 0.3 is 0 Å². The van der Waals surface area contributed by atoms with Crippen LogP contribution in [0, 0.1) is 0 Å². The molecule has 0 amide bonds. The molecule has 5 rings (SSSR count). The minimum absolute atomic E-state index is 0.187. The summed E-state index contributed by atoms with van der Waals surface area (Å²) in [6.07, 6.45) is 6.08. The molecule has 1 fully saturated rings. The number of ether oxygens (including phenoxy) is 1. The Balaban J connectivity index is 1.68. The van der Waals surface area contributed by atoms with Gasteiger partial charge in [-0.15, -0.1) is 0 Å². The summed E-state index contributed by atoms with van der Waals surface area (Å²) in [4.78, 5) is 16.3. The summed E-state index contributed by atoms with van der Waals surface area (Å²) in [6, 6.07) is 2.60. The lowest BCUT2D eigenvalue weighted by Gasteiger charge is -2.34. The van der Waals surface area contributed by atoms with Crippen molar-refractivity contribution in [2.45, 2.75) is 64.7 Å². The van der Waals surface area contributed by atoms with E-state index in [9.17, 15) is 0 Å². The number of aromatic nitrogens is 3. The van der Waals surface area contributed by atoms with Crippen LogP contribution in [-0.4, -0.2) is 33.1 Å². The summed E-state index contributed by atoms with van der Waals surface area (Å²) in [5.41, 5.74) is 4.27. The number of nitrogens with zero attached hydrogens (tertiary/aromatic N) is 4. The summed E-state index contributed by atoms with van der Waals surface area (Å²) < 4.78 is 12.2. The van der Waals surface area contributed by atoms with Crippen LogP contribution in [0.15, 0.2) is 16.8 Å². The molecule has 0 N–H and O–H groups in total. The molecule has 1 saturated heterocycles. The van der Waals surface area contributed by atoms with E-state index < -0.39 is 0 Å². The van der Waals surface area contributed by atoms with E-state index >= 15 is 0 Å². The van der Waals surface area contributed by atoms with E-state index in [2.05, 4.69) is 41.7 Å². The second-order valence-electron chi connectivity index (χ2n) is 8.19. The standard InChI is InChI=1S/C20H24N4O2/c1-12-6-4-5-7-24(12)18-17-16(21-11-22-18)14-8-13-10-25-20(2,3)9-15(13)23-19(14)26-17/h8,11-12H,4-7,9-10H2,1-3H3/t12-/m1/s1. The van der Waals surface area contributed by atoms with Gasteiger partial charge in [-0.05, 0) is 46.1 Å². The fourth-order valence-corrected chi connectivity index (χ4v) is 4.19. The molecule has 0 bridgehead atoms. The molecule has 6 nitrogen and oxygen atoms in total. The number of piperidine rings is 1. The second kappa shape index (κ2) is 5.64. The molecule has 6 heteroatoms. The smallest absolute Gasteiger partial charge is 0.229 e. The van der Waals surface area contributed by atoms with Gasteiger partial charge in [-0.2, -0.15) is 0 Å². The number of pyridine rings is 1. The van der Waals surface area contributed by atoms with Crippen LogP contribution < -0.4 is 4.90 Å². The van der Waals surface area contributed by atoms with Crippen molar-refractivity contribution in [2.24, 2.45) is 0 Å². The second-order valence-corrected chi connectivity index (χ2v) is 8.19. The number of furan rings is 1. The predicted molar refractivity (Wildman–Crippen MR) is 100 cm³/mol. The summed E-state index contributed by atoms with van der Waals surface area (Å²) in [5.74, 6) is 0.898. The van der Waals surface area contributed by atoms with Crippen molar-refractivity contribution in [3.8, 4) is 0 Å². The van der Waals surface area contributed by atoms with Gasteiger partial charge in [0.2, 0.25) is 5.71 Å². The third kappa shape index (κ3) is 2.47. The quantitative estimate of drug-likeness (QED) is 0.659. The fourth-order valence-electron chi connectivity index (χ4n) is 4.19. The highest BCUT2D eigenvalue weighted by Gasteiger charge is 2.29. The maximum Gasteiger partial charge on any atom is 0.229 e. The summed E-state index contributed by atoms with van der Waals surface area (Å²) in [6.45, 7) is 8.05. The molecule has 5 heterocycles. The van der Waals surface area contributed by atoms with E-state index in [0.29, 0.717) is 18.4 Å². The number of hydrogen-bond donors (Lipinski definition) is 0. The Kier molecular flexibility index (Phi) is 3.47. The third-order valence-electron chi connectivity index (χ3n) is 5.68. The van der Waals surface area contributed by atoms with E-state index in [0.717, 1.165) is 46.5 Å². The Hall–Kier alpha value is -2.21. The van der Waals surface area contributed by atoms with Crippen molar-refractivity contribution in [3.05, 3.63) is 23.7 Å². The van der Waals surface area contributed by atoms with Gasteiger partial charge in [0.25, 0.3) is 0 Å². The maximum atomic E-state index is 6.20. The lowest BCUT2D eigenvalue weighted by atomic mass is 9.95. The van der Waals surface area contributed by atoms with E-state index in [1.807, 2.05) is 0 Å². The zero-order chi connectivity index (χ0) is 17.9. The van der Waals surface area contributed by atoms with Gasteiger partial charge in [-0.1, -0.05) is 0 Å². The van der Waals surface area contributed by atoms with Crippen molar-refractivity contribution in [3.63, 3.8) is 0 Å². The molecule has 0 aliphatic carbocycles. The van der Waals surface area contributed by atoms with Crippen LogP contribution in [0.5, 0.6) is 0 Å². The monoisotopic (exact) mass is 352 g/mol. The van der Waals surface area contributed by atoms with Crippen LogP contribution >= 0.6 is 0 Å². The van der Waals surface area contributed by atoms with Gasteiger partial charge in [0.1, 0.15) is 11.8 Å². The first-order valence-corrected chi connectivity index (χ1v) is 9.48. The molecule has 0 unspecified atom stereocenters. The van der Waals surface area contributed by atoms with E-state index in [1.165, 1.54) is 19.3 Å². The van der Waals surface area contributed by atoms with Crippen LogP contribution in [0.1, 0.15) is 51.3 Å². The van der Waals surface area contributed by atoms with Crippen LogP contribution in [0.25, 0.3) is 22.2 Å². The topological polar surface area (TPSA) is 64.3 Å². The first kappa shape index (κ1) is 16.0. The number of hydrogen-bond acceptors (Lipinski definition) is 6. The van der Waals surface area contributed by atoms with E-state index in [4.69, 9.17) is 14.1 Å². The molecular formula is C20H24N4O2. The fraction of sp³-hybridized carbons (Fsp3) is 0.550. The lowest BCUT2D eigenvalue weighted by Crippen LogP contribution is -2.38. The minimum Gasteiger partial charge on any atom is -0.432 e. The summed E-state index contributed by atoms with van der Waals surface area (Å²) >= 11 is 0. The van der Waals surface area contributed by atoms with Crippen molar-refractivity contribution in [1.29, 1.82) is 0 Å². The van der Waals surface area contributed by atoms with Crippen LogP contribution in [0.2, 0.25) is 0 Å². The maximum absolute atomic E-state index is 6.20. The van der Waals surface area contributed by atoms with Crippen molar-refractivity contribution in [2.75, 3.05) is 11.4 Å². The molecule has 0 radical (unpaired) electrons. The molecule has 136 valence electrons. The Morgan fingerprint density at radius 2 is 2.12 bits per heavy atom. The van der Waals surface area contributed by atoms with Crippen molar-refractivity contribution < 1.29 is 9.15 Å². The summed E-state index contributed by atoms with van der Waals surface area (Å²) in [7, 11) is 0. The van der Waals surface area contributed by atoms with E-state index in [-0.39, 0.29) is 5.60 Å². The highest BCUT2D eigenvalue weighted by Crippen LogP contribution is 2.36.